The zero-order chi connectivity index (χ0) is 38.4. The Morgan fingerprint density at radius 3 is 1.57 bits per heavy atom. The third kappa shape index (κ3) is 6.22. The normalized spacial score (nSPS) is 13.4. The van der Waals surface area contributed by atoms with E-state index in [0.29, 0.717) is 5.92 Å². The van der Waals surface area contributed by atoms with Gasteiger partial charge >= 0.3 is 0 Å². The van der Waals surface area contributed by atoms with Crippen LogP contribution in [0.2, 0.25) is 0 Å². The van der Waals surface area contributed by atoms with Crippen LogP contribution in [0.3, 0.4) is 0 Å². The van der Waals surface area contributed by atoms with E-state index < -0.39 is 0 Å². The Labute approximate surface area is 339 Å². The molecule has 10 aromatic rings. The first-order chi connectivity index (χ1) is 28.7. The maximum atomic E-state index is 6.43. The molecule has 1 fully saturated rings. The number of hydrogen-bond donors (Lipinski definition) is 0. The zero-order valence-electron chi connectivity index (χ0n) is 32.4. The molecule has 0 radical (unpaired) electrons. The number of hydrogen-bond acceptors (Lipinski definition) is 2. The number of benzene rings is 9. The van der Waals surface area contributed by atoms with E-state index in [2.05, 4.69) is 193 Å². The predicted octanol–water partition coefficient (Wildman–Crippen LogP) is 16.4. The molecule has 58 heavy (non-hydrogen) atoms. The minimum absolute atomic E-state index is 0.655. The van der Waals surface area contributed by atoms with Gasteiger partial charge in [0.2, 0.25) is 0 Å². The van der Waals surface area contributed by atoms with Crippen molar-refractivity contribution in [1.82, 2.24) is 0 Å². The zero-order valence-corrected chi connectivity index (χ0v) is 32.4. The Morgan fingerprint density at radius 2 is 0.914 bits per heavy atom. The van der Waals surface area contributed by atoms with E-state index in [1.807, 2.05) is 6.07 Å². The molecule has 0 atom stereocenters. The average molecular weight is 746 g/mol. The molecule has 11 rings (SSSR count). The summed E-state index contributed by atoms with van der Waals surface area (Å²) in [6, 6.07) is 71.2. The van der Waals surface area contributed by atoms with Crippen LogP contribution in [0, 0.1) is 0 Å². The number of furan rings is 1. The van der Waals surface area contributed by atoms with Gasteiger partial charge in [-0.2, -0.15) is 0 Å². The van der Waals surface area contributed by atoms with Crippen LogP contribution < -0.4 is 4.90 Å². The van der Waals surface area contributed by atoms with Crippen molar-refractivity contribution in [2.45, 2.75) is 38.0 Å². The van der Waals surface area contributed by atoms with Crippen molar-refractivity contribution in [3.8, 4) is 33.4 Å². The molecular formula is C56H43NO. The van der Waals surface area contributed by atoms with Crippen molar-refractivity contribution in [1.29, 1.82) is 0 Å². The first-order valence-electron chi connectivity index (χ1n) is 20.8. The van der Waals surface area contributed by atoms with Gasteiger partial charge in [0.1, 0.15) is 11.2 Å². The summed E-state index contributed by atoms with van der Waals surface area (Å²) in [5, 5.41) is 7.25. The van der Waals surface area contributed by atoms with E-state index in [-0.39, 0.29) is 0 Å². The summed E-state index contributed by atoms with van der Waals surface area (Å²) in [6.45, 7) is 0. The molecule has 1 saturated carbocycles. The first-order valence-corrected chi connectivity index (χ1v) is 20.8. The van der Waals surface area contributed by atoms with Gasteiger partial charge in [0, 0.05) is 33.9 Å². The molecule has 9 aromatic carbocycles. The largest absolute Gasteiger partial charge is 0.456 e. The standard InChI is InChI=1S/C56H43NO/c1-2-11-38(12-3-1)41-25-29-47(30-26-41)57(49-33-34-53-52-17-8-9-20-54(52)58-55(53)37-49)48-31-27-42(28-32-48)56-50(45-23-21-39-13-4-6-15-43(39)35-45)18-10-19-51(56)46-24-22-40-14-5-7-16-44(40)36-46/h4-10,13-38H,1-3,11-12H2. The molecule has 1 heterocycles. The second kappa shape index (κ2) is 14.6. The minimum atomic E-state index is 0.655. The van der Waals surface area contributed by atoms with E-state index in [1.165, 1.54) is 92.6 Å². The van der Waals surface area contributed by atoms with E-state index in [4.69, 9.17) is 4.42 Å². The fourth-order valence-corrected chi connectivity index (χ4v) is 9.47. The van der Waals surface area contributed by atoms with Crippen LogP contribution in [-0.4, -0.2) is 0 Å². The van der Waals surface area contributed by atoms with Gasteiger partial charge in [0.25, 0.3) is 0 Å². The number of fused-ring (bicyclic) bond motifs is 5. The van der Waals surface area contributed by atoms with Crippen molar-refractivity contribution < 1.29 is 4.42 Å². The molecular weight excluding hydrogens is 703 g/mol. The van der Waals surface area contributed by atoms with E-state index in [9.17, 15) is 0 Å². The minimum Gasteiger partial charge on any atom is -0.456 e. The quantitative estimate of drug-likeness (QED) is 0.162. The molecule has 2 heteroatoms. The molecule has 0 unspecified atom stereocenters. The van der Waals surface area contributed by atoms with Crippen molar-refractivity contribution in [3.05, 3.63) is 200 Å². The maximum absolute atomic E-state index is 6.43. The fraction of sp³-hybridized carbons (Fsp3) is 0.107. The molecule has 0 spiro atoms. The molecule has 0 amide bonds. The maximum Gasteiger partial charge on any atom is 0.137 e. The summed E-state index contributed by atoms with van der Waals surface area (Å²) in [7, 11) is 0. The summed E-state index contributed by atoms with van der Waals surface area (Å²) in [5.41, 5.74) is 13.8. The summed E-state index contributed by atoms with van der Waals surface area (Å²) in [5.74, 6) is 0.655. The topological polar surface area (TPSA) is 16.4 Å². The molecule has 0 bridgehead atoms. The second-order valence-corrected chi connectivity index (χ2v) is 15.9. The van der Waals surface area contributed by atoms with Crippen molar-refractivity contribution in [2.24, 2.45) is 0 Å². The predicted molar refractivity (Wildman–Crippen MR) is 246 cm³/mol. The lowest BCUT2D eigenvalue weighted by Crippen LogP contribution is -2.10. The first kappa shape index (κ1) is 34.4. The summed E-state index contributed by atoms with van der Waals surface area (Å²) < 4.78 is 6.43. The molecule has 0 N–H and O–H groups in total. The average Bonchev–Trinajstić information content (AvgIpc) is 3.67. The van der Waals surface area contributed by atoms with Gasteiger partial charge in [-0.05, 0) is 134 Å². The highest BCUT2D eigenvalue weighted by Gasteiger charge is 2.20. The van der Waals surface area contributed by atoms with Crippen LogP contribution in [0.1, 0.15) is 43.6 Å². The van der Waals surface area contributed by atoms with Crippen LogP contribution in [0.4, 0.5) is 17.1 Å². The SMILES string of the molecule is c1cc(-c2ccc3ccccc3c2)c(-c2ccc(N(c3ccc(C4CCCCC4)cc3)c3ccc4c(c3)oc3ccccc34)cc2)c(-c2ccc3ccccc3c2)c1. The van der Waals surface area contributed by atoms with Gasteiger partial charge in [-0.25, -0.2) is 0 Å². The molecule has 1 aromatic heterocycles. The van der Waals surface area contributed by atoms with Crippen LogP contribution in [0.25, 0.3) is 76.9 Å². The lowest BCUT2D eigenvalue weighted by molar-refractivity contribution is 0.443. The Morgan fingerprint density at radius 1 is 0.379 bits per heavy atom. The van der Waals surface area contributed by atoms with Gasteiger partial charge in [0.15, 0.2) is 0 Å². The highest BCUT2D eigenvalue weighted by molar-refractivity contribution is 6.06. The Bertz CT molecular complexity index is 3000. The molecule has 278 valence electrons. The summed E-state index contributed by atoms with van der Waals surface area (Å²) in [4.78, 5) is 2.38. The highest BCUT2D eigenvalue weighted by atomic mass is 16.3. The van der Waals surface area contributed by atoms with Gasteiger partial charge in [-0.1, -0.05) is 153 Å². The number of rotatable bonds is 7. The van der Waals surface area contributed by atoms with E-state index >= 15 is 0 Å². The monoisotopic (exact) mass is 745 g/mol. The Balaban J connectivity index is 1.06. The number of nitrogens with zero attached hydrogens (tertiary/aromatic N) is 1. The van der Waals surface area contributed by atoms with Gasteiger partial charge in [-0.3, -0.25) is 0 Å². The molecule has 1 aliphatic carbocycles. The third-order valence-corrected chi connectivity index (χ3v) is 12.4. The van der Waals surface area contributed by atoms with Crippen LogP contribution in [-0.2, 0) is 0 Å². The Kier molecular flexibility index (Phi) is 8.62. The highest BCUT2D eigenvalue weighted by Crippen LogP contribution is 2.44. The third-order valence-electron chi connectivity index (χ3n) is 12.4. The van der Waals surface area contributed by atoms with Gasteiger partial charge in [0.05, 0.1) is 0 Å². The fourth-order valence-electron chi connectivity index (χ4n) is 9.47. The van der Waals surface area contributed by atoms with Crippen LogP contribution >= 0.6 is 0 Å². The van der Waals surface area contributed by atoms with Crippen molar-refractivity contribution >= 4 is 60.5 Å². The van der Waals surface area contributed by atoms with Crippen LogP contribution in [0.5, 0.6) is 0 Å². The molecule has 0 saturated heterocycles. The van der Waals surface area contributed by atoms with E-state index in [0.717, 1.165) is 39.0 Å². The lowest BCUT2D eigenvalue weighted by atomic mass is 9.84. The molecule has 2 nitrogen and oxygen atoms in total. The van der Waals surface area contributed by atoms with Crippen molar-refractivity contribution in [3.63, 3.8) is 0 Å². The number of para-hydroxylation sites is 1. The van der Waals surface area contributed by atoms with Gasteiger partial charge in [-0.15, -0.1) is 0 Å². The second-order valence-electron chi connectivity index (χ2n) is 15.9. The molecule has 1 aliphatic rings. The smallest absolute Gasteiger partial charge is 0.137 e. The lowest BCUT2D eigenvalue weighted by Gasteiger charge is -2.27. The summed E-state index contributed by atoms with van der Waals surface area (Å²) in [6.07, 6.45) is 6.59. The number of anilines is 3. The van der Waals surface area contributed by atoms with Crippen LogP contribution in [0.15, 0.2) is 199 Å². The summed E-state index contributed by atoms with van der Waals surface area (Å²) >= 11 is 0. The Hall–Kier alpha value is -6.90. The van der Waals surface area contributed by atoms with Gasteiger partial charge < -0.3 is 9.32 Å². The van der Waals surface area contributed by atoms with Crippen molar-refractivity contribution in [2.75, 3.05) is 4.90 Å². The van der Waals surface area contributed by atoms with E-state index in [1.54, 1.807) is 0 Å². The molecule has 0 aliphatic heterocycles.